The van der Waals surface area contributed by atoms with Crippen LogP contribution in [0.2, 0.25) is 0 Å². The standard InChI is InChI=1S/C75H134O6/c1-4-7-10-13-16-18-20-22-24-26-28-30-32-34-36-37-38-39-40-42-43-45-47-49-51-53-55-57-59-62-65-68-74(77)80-71-72(70-79-73(76)67-64-61-15-12-9-6-3)81-75(78)69-66-63-60-58-56-54-52-50-48-46-44-41-35-33-31-29-27-25-23-21-19-17-14-11-8-5-2/h7,10,16,18,22,24,28,30,34,36,38-39,72H,4-6,8-9,11-15,17,19-21,23,25-27,29,31-33,35,37,40-71H2,1-3H3/b10-7-,18-16-,24-22-,30-28-,36-34-,39-38-. The van der Waals surface area contributed by atoms with E-state index < -0.39 is 6.10 Å². The summed E-state index contributed by atoms with van der Waals surface area (Å²) in [5, 5.41) is 0. The molecule has 0 aromatic carbocycles. The quantitative estimate of drug-likeness (QED) is 0.0261. The number of hydrogen-bond donors (Lipinski definition) is 0. The van der Waals surface area contributed by atoms with E-state index in [0.717, 1.165) is 96.3 Å². The van der Waals surface area contributed by atoms with E-state index in [2.05, 4.69) is 93.7 Å². The topological polar surface area (TPSA) is 78.9 Å². The maximum atomic E-state index is 12.9. The van der Waals surface area contributed by atoms with Gasteiger partial charge in [0.1, 0.15) is 13.2 Å². The molecule has 0 aromatic heterocycles. The van der Waals surface area contributed by atoms with Crippen LogP contribution in [0, 0.1) is 0 Å². The van der Waals surface area contributed by atoms with Gasteiger partial charge in [-0.2, -0.15) is 0 Å². The Morgan fingerprint density at radius 1 is 0.259 bits per heavy atom. The van der Waals surface area contributed by atoms with Crippen molar-refractivity contribution < 1.29 is 28.6 Å². The summed E-state index contributed by atoms with van der Waals surface area (Å²) in [4.78, 5) is 38.1. The Hall–Kier alpha value is -3.15. The van der Waals surface area contributed by atoms with Crippen molar-refractivity contribution in [1.29, 1.82) is 0 Å². The fourth-order valence-corrected chi connectivity index (χ4v) is 10.5. The molecule has 0 bridgehead atoms. The molecule has 0 aromatic rings. The Labute approximate surface area is 503 Å². The van der Waals surface area contributed by atoms with Crippen LogP contribution in [0.15, 0.2) is 72.9 Å². The van der Waals surface area contributed by atoms with E-state index in [9.17, 15) is 14.4 Å². The number of unbranched alkanes of at least 4 members (excludes halogenated alkanes) is 42. The molecule has 81 heavy (non-hydrogen) atoms. The predicted octanol–water partition coefficient (Wildman–Crippen LogP) is 24.4. The summed E-state index contributed by atoms with van der Waals surface area (Å²) in [5.74, 6) is -0.862. The highest BCUT2D eigenvalue weighted by molar-refractivity contribution is 5.71. The second kappa shape index (κ2) is 69.3. The average Bonchev–Trinajstić information content (AvgIpc) is 3.47. The van der Waals surface area contributed by atoms with E-state index in [4.69, 9.17) is 14.2 Å². The Balaban J connectivity index is 4.01. The summed E-state index contributed by atoms with van der Waals surface area (Å²) in [6, 6.07) is 0. The number of carbonyl (C=O) groups excluding carboxylic acids is 3. The molecule has 1 atom stereocenters. The molecule has 0 N–H and O–H groups in total. The van der Waals surface area contributed by atoms with Crippen LogP contribution in [0.4, 0.5) is 0 Å². The van der Waals surface area contributed by atoms with Crippen LogP contribution in [0.25, 0.3) is 0 Å². The van der Waals surface area contributed by atoms with Gasteiger partial charge in [0, 0.05) is 19.3 Å². The van der Waals surface area contributed by atoms with Gasteiger partial charge in [0.05, 0.1) is 0 Å². The normalized spacial score (nSPS) is 12.5. The zero-order valence-corrected chi connectivity index (χ0v) is 54.1. The first-order chi connectivity index (χ1) is 40.0. The third-order valence-corrected chi connectivity index (χ3v) is 15.7. The van der Waals surface area contributed by atoms with E-state index >= 15 is 0 Å². The Morgan fingerprint density at radius 2 is 0.481 bits per heavy atom. The van der Waals surface area contributed by atoms with E-state index in [1.54, 1.807) is 0 Å². The first kappa shape index (κ1) is 77.9. The molecule has 6 heteroatoms. The fourth-order valence-electron chi connectivity index (χ4n) is 10.5. The van der Waals surface area contributed by atoms with Gasteiger partial charge in [0.25, 0.3) is 0 Å². The van der Waals surface area contributed by atoms with Crippen LogP contribution >= 0.6 is 0 Å². The molecule has 0 saturated carbocycles. The molecule has 1 unspecified atom stereocenters. The largest absolute Gasteiger partial charge is 0.462 e. The molecule has 0 aliphatic carbocycles. The molecule has 0 aliphatic rings. The second-order valence-corrected chi connectivity index (χ2v) is 23.8. The van der Waals surface area contributed by atoms with Crippen molar-refractivity contribution in [2.45, 2.75) is 374 Å². The molecule has 6 nitrogen and oxygen atoms in total. The van der Waals surface area contributed by atoms with Crippen LogP contribution in [0.3, 0.4) is 0 Å². The number of allylic oxidation sites excluding steroid dienone is 12. The molecular formula is C75H134O6. The fraction of sp³-hybridized carbons (Fsp3) is 0.800. The van der Waals surface area contributed by atoms with Crippen molar-refractivity contribution >= 4 is 17.9 Å². The number of rotatable bonds is 65. The van der Waals surface area contributed by atoms with Gasteiger partial charge in [-0.3, -0.25) is 14.4 Å². The first-order valence-corrected chi connectivity index (χ1v) is 35.4. The van der Waals surface area contributed by atoms with Gasteiger partial charge in [-0.05, 0) is 70.6 Å². The molecule has 0 radical (unpaired) electrons. The summed E-state index contributed by atoms with van der Waals surface area (Å²) in [6.07, 6.45) is 91.2. The molecule has 0 fully saturated rings. The Bertz CT molecular complexity index is 1490. The van der Waals surface area contributed by atoms with Crippen LogP contribution in [0.5, 0.6) is 0 Å². The van der Waals surface area contributed by atoms with Gasteiger partial charge in [0.15, 0.2) is 6.10 Å². The van der Waals surface area contributed by atoms with Crippen molar-refractivity contribution in [3.8, 4) is 0 Å². The Kier molecular flexibility index (Phi) is 66.6. The van der Waals surface area contributed by atoms with Gasteiger partial charge >= 0.3 is 17.9 Å². The minimum atomic E-state index is -0.771. The van der Waals surface area contributed by atoms with Crippen LogP contribution in [-0.2, 0) is 28.6 Å². The summed E-state index contributed by atoms with van der Waals surface area (Å²) in [6.45, 7) is 6.52. The number of ether oxygens (including phenoxy) is 3. The van der Waals surface area contributed by atoms with Gasteiger partial charge < -0.3 is 14.2 Å². The highest BCUT2D eigenvalue weighted by atomic mass is 16.6. The van der Waals surface area contributed by atoms with Crippen LogP contribution < -0.4 is 0 Å². The van der Waals surface area contributed by atoms with Crippen molar-refractivity contribution in [3.63, 3.8) is 0 Å². The number of hydrogen-bond acceptors (Lipinski definition) is 6. The van der Waals surface area contributed by atoms with Crippen LogP contribution in [0.1, 0.15) is 367 Å². The molecule has 0 amide bonds. The van der Waals surface area contributed by atoms with Gasteiger partial charge in [-0.1, -0.05) is 351 Å². The lowest BCUT2D eigenvalue weighted by atomic mass is 10.0. The third-order valence-electron chi connectivity index (χ3n) is 15.7. The lowest BCUT2D eigenvalue weighted by molar-refractivity contribution is -0.167. The molecule has 0 aliphatic heterocycles. The third kappa shape index (κ3) is 67.5. The second-order valence-electron chi connectivity index (χ2n) is 23.8. The van der Waals surface area contributed by atoms with E-state index in [-0.39, 0.29) is 31.1 Å². The van der Waals surface area contributed by atoms with Crippen molar-refractivity contribution in [2.75, 3.05) is 13.2 Å². The first-order valence-electron chi connectivity index (χ1n) is 35.4. The van der Waals surface area contributed by atoms with Gasteiger partial charge in [-0.15, -0.1) is 0 Å². The maximum absolute atomic E-state index is 12.9. The molecule has 0 saturated heterocycles. The highest BCUT2D eigenvalue weighted by Gasteiger charge is 2.19. The lowest BCUT2D eigenvalue weighted by Crippen LogP contribution is -2.30. The summed E-state index contributed by atoms with van der Waals surface area (Å²) in [5.41, 5.74) is 0. The Morgan fingerprint density at radius 3 is 0.753 bits per heavy atom. The van der Waals surface area contributed by atoms with Crippen LogP contribution in [-0.4, -0.2) is 37.2 Å². The minimum absolute atomic E-state index is 0.0712. The SMILES string of the molecule is CC/C=C\C/C=C\C/C=C\C/C=C\C/C=C\C/C=C\CCCCCCCCCCCCCCC(=O)OCC(COC(=O)CCCCCCCC)OC(=O)CCCCCCCCCCCCCCCCCCCCCCCCCCCC. The molecule has 470 valence electrons. The van der Waals surface area contributed by atoms with Crippen molar-refractivity contribution in [1.82, 2.24) is 0 Å². The van der Waals surface area contributed by atoms with Crippen molar-refractivity contribution in [2.24, 2.45) is 0 Å². The summed E-state index contributed by atoms with van der Waals surface area (Å²) < 4.78 is 16.9. The van der Waals surface area contributed by atoms with Gasteiger partial charge in [0.2, 0.25) is 0 Å². The smallest absolute Gasteiger partial charge is 0.306 e. The molecular weight excluding hydrogens is 997 g/mol. The zero-order valence-electron chi connectivity index (χ0n) is 54.1. The predicted molar refractivity (Wildman–Crippen MR) is 353 cm³/mol. The van der Waals surface area contributed by atoms with E-state index in [1.165, 1.54) is 231 Å². The van der Waals surface area contributed by atoms with Crippen molar-refractivity contribution in [3.05, 3.63) is 72.9 Å². The molecule has 0 spiro atoms. The van der Waals surface area contributed by atoms with Gasteiger partial charge in [-0.25, -0.2) is 0 Å². The highest BCUT2D eigenvalue weighted by Crippen LogP contribution is 2.18. The number of carbonyl (C=O) groups is 3. The monoisotopic (exact) mass is 1130 g/mol. The summed E-state index contributed by atoms with van der Waals surface area (Å²) in [7, 11) is 0. The average molecular weight is 1130 g/mol. The molecule has 0 heterocycles. The lowest BCUT2D eigenvalue weighted by Gasteiger charge is -2.18. The van der Waals surface area contributed by atoms with E-state index in [0.29, 0.717) is 19.3 Å². The zero-order chi connectivity index (χ0) is 58.5. The summed E-state index contributed by atoms with van der Waals surface area (Å²) >= 11 is 0. The van der Waals surface area contributed by atoms with E-state index in [1.807, 2.05) is 0 Å². The molecule has 0 rings (SSSR count). The number of esters is 3. The maximum Gasteiger partial charge on any atom is 0.306 e. The minimum Gasteiger partial charge on any atom is -0.462 e.